The fourth-order valence-electron chi connectivity index (χ4n) is 4.49. The second-order valence-electron chi connectivity index (χ2n) is 9.03. The molecule has 1 aliphatic heterocycles. The molecule has 0 bridgehead atoms. The molecule has 40 heavy (non-hydrogen) atoms. The number of amides is 1. The minimum atomic E-state index is -4.44. The molecule has 0 aliphatic carbocycles. The van der Waals surface area contributed by atoms with E-state index < -0.39 is 26.6 Å². The molecule has 13 heteroatoms. The van der Waals surface area contributed by atoms with Gasteiger partial charge in [-0.3, -0.25) is 9.52 Å². The number of sulfonamides is 1. The van der Waals surface area contributed by atoms with Crippen molar-refractivity contribution < 1.29 is 26.7 Å². The molecule has 1 unspecified atom stereocenters. The summed E-state index contributed by atoms with van der Waals surface area (Å²) in [6.45, 7) is 4.66. The molecule has 4 aromatic rings. The van der Waals surface area contributed by atoms with E-state index in [4.69, 9.17) is 4.74 Å². The summed E-state index contributed by atoms with van der Waals surface area (Å²) < 4.78 is 60.9. The van der Waals surface area contributed by atoms with Gasteiger partial charge in [-0.25, -0.2) is 32.2 Å². The van der Waals surface area contributed by atoms with Crippen molar-refractivity contribution in [3.8, 4) is 17.0 Å². The number of methoxy groups -OCH3 is 1. The van der Waals surface area contributed by atoms with Gasteiger partial charge in [-0.05, 0) is 48.4 Å². The lowest BCUT2D eigenvalue weighted by molar-refractivity contribution is -0.125. The van der Waals surface area contributed by atoms with Crippen molar-refractivity contribution in [1.82, 2.24) is 19.9 Å². The number of hydrogen-bond donors (Lipinski definition) is 2. The van der Waals surface area contributed by atoms with E-state index in [1.807, 2.05) is 6.07 Å². The normalized spacial score (nSPS) is 15.2. The number of nitrogens with zero attached hydrogens (tertiary/aromatic N) is 4. The summed E-state index contributed by atoms with van der Waals surface area (Å²) in [4.78, 5) is 25.9. The van der Waals surface area contributed by atoms with Gasteiger partial charge in [-0.1, -0.05) is 12.6 Å². The number of halogens is 2. The maximum absolute atomic E-state index is 14.2. The number of fused-ring (bicyclic) bond motifs is 1. The maximum atomic E-state index is 14.2. The molecule has 10 nitrogen and oxygen atoms in total. The van der Waals surface area contributed by atoms with E-state index in [2.05, 4.69) is 31.6 Å². The van der Waals surface area contributed by atoms with Gasteiger partial charge >= 0.3 is 0 Å². The molecule has 2 aromatic heterocycles. The third-order valence-corrected chi connectivity index (χ3v) is 7.86. The third-order valence-electron chi connectivity index (χ3n) is 6.46. The summed E-state index contributed by atoms with van der Waals surface area (Å²) in [5.74, 6) is -1.72. The van der Waals surface area contributed by atoms with Crippen molar-refractivity contribution in [2.45, 2.75) is 17.4 Å². The van der Waals surface area contributed by atoms with Crippen molar-refractivity contribution in [2.24, 2.45) is 0 Å². The first-order chi connectivity index (χ1) is 19.2. The van der Waals surface area contributed by atoms with Crippen LogP contribution in [0.15, 0.2) is 72.5 Å². The first-order valence-corrected chi connectivity index (χ1v) is 13.6. The van der Waals surface area contributed by atoms with Gasteiger partial charge in [0.05, 0.1) is 12.6 Å². The second-order valence-corrected chi connectivity index (χ2v) is 10.7. The third kappa shape index (κ3) is 5.41. The van der Waals surface area contributed by atoms with Crippen LogP contribution < -0.4 is 14.8 Å². The van der Waals surface area contributed by atoms with Gasteiger partial charge in [0, 0.05) is 42.3 Å². The molecular weight excluding hydrogens is 542 g/mol. The zero-order valence-corrected chi connectivity index (χ0v) is 22.1. The molecule has 5 rings (SSSR count). The first kappa shape index (κ1) is 26.9. The zero-order chi connectivity index (χ0) is 28.4. The van der Waals surface area contributed by atoms with E-state index in [0.717, 1.165) is 18.6 Å². The molecule has 3 heterocycles. The number of carbonyl (C=O) groups is 1. The molecule has 1 fully saturated rings. The van der Waals surface area contributed by atoms with E-state index in [1.165, 1.54) is 31.8 Å². The minimum absolute atomic E-state index is 0.0128. The fourth-order valence-corrected chi connectivity index (χ4v) is 5.60. The van der Waals surface area contributed by atoms with Crippen molar-refractivity contribution in [2.75, 3.05) is 30.2 Å². The van der Waals surface area contributed by atoms with Crippen molar-refractivity contribution in [1.29, 1.82) is 0 Å². The minimum Gasteiger partial charge on any atom is -0.480 e. The van der Waals surface area contributed by atoms with Gasteiger partial charge in [0.1, 0.15) is 34.4 Å². The number of pyridine rings is 1. The standard InChI is InChI=1S/C27H24F2N6O4S/c1-3-25(36)35-9-8-19(14-35)33-26-20-10-16(4-6-22(20)31-15-32-26)17-11-23(27(39-2)30-13-17)34-40(37,38)24-7-5-18(28)12-21(24)29/h3-7,10-13,15,19,34H,1,8-9,14H2,2H3,(H,31,32,33). The lowest BCUT2D eigenvalue weighted by atomic mass is 10.0. The Morgan fingerprint density at radius 3 is 2.70 bits per heavy atom. The van der Waals surface area contributed by atoms with Crippen LogP contribution in [-0.2, 0) is 14.8 Å². The van der Waals surface area contributed by atoms with Gasteiger partial charge < -0.3 is 15.0 Å². The molecule has 0 spiro atoms. The molecular formula is C27H24F2N6O4S. The van der Waals surface area contributed by atoms with E-state index in [-0.39, 0.29) is 23.5 Å². The average molecular weight is 567 g/mol. The number of ether oxygens (including phenoxy) is 1. The molecule has 2 aromatic carbocycles. The highest BCUT2D eigenvalue weighted by atomic mass is 32.2. The van der Waals surface area contributed by atoms with Crippen LogP contribution in [0.1, 0.15) is 6.42 Å². The second kappa shape index (κ2) is 10.8. The van der Waals surface area contributed by atoms with Crippen LogP contribution in [0.2, 0.25) is 0 Å². The summed E-state index contributed by atoms with van der Waals surface area (Å²) in [6.07, 6.45) is 4.98. The summed E-state index contributed by atoms with van der Waals surface area (Å²) >= 11 is 0. The number of nitrogens with one attached hydrogen (secondary N) is 2. The number of benzene rings is 2. The summed E-state index contributed by atoms with van der Waals surface area (Å²) in [5.41, 5.74) is 1.83. The van der Waals surface area contributed by atoms with Crippen molar-refractivity contribution in [3.05, 3.63) is 79.3 Å². The quantitative estimate of drug-likeness (QED) is 0.307. The molecule has 1 aliphatic rings. The SMILES string of the molecule is C=CC(=O)N1CCC(Nc2ncnc3ccc(-c4cnc(OC)c(NS(=O)(=O)c5ccc(F)cc5F)c4)cc23)C1. The highest BCUT2D eigenvalue weighted by molar-refractivity contribution is 7.92. The van der Waals surface area contributed by atoms with E-state index in [9.17, 15) is 22.0 Å². The van der Waals surface area contributed by atoms with Crippen LogP contribution in [0.4, 0.5) is 20.3 Å². The number of likely N-dealkylation sites (tertiary alicyclic amines) is 1. The number of aromatic nitrogens is 3. The van der Waals surface area contributed by atoms with Crippen LogP contribution in [0.25, 0.3) is 22.0 Å². The van der Waals surface area contributed by atoms with Crippen LogP contribution >= 0.6 is 0 Å². The van der Waals surface area contributed by atoms with Crippen LogP contribution in [-0.4, -0.2) is 60.4 Å². The Balaban J connectivity index is 1.47. The van der Waals surface area contributed by atoms with Crippen molar-refractivity contribution in [3.63, 3.8) is 0 Å². The molecule has 2 N–H and O–H groups in total. The predicted molar refractivity (Wildman–Crippen MR) is 145 cm³/mol. The van der Waals surface area contributed by atoms with Gasteiger partial charge in [0.2, 0.25) is 11.8 Å². The van der Waals surface area contributed by atoms with Crippen LogP contribution in [0, 0.1) is 11.6 Å². The van der Waals surface area contributed by atoms with E-state index in [1.54, 1.807) is 17.0 Å². The monoisotopic (exact) mass is 566 g/mol. The largest absolute Gasteiger partial charge is 0.480 e. The number of hydrogen-bond acceptors (Lipinski definition) is 8. The van der Waals surface area contributed by atoms with E-state index >= 15 is 0 Å². The number of carbonyl (C=O) groups excluding carboxylic acids is 1. The lowest BCUT2D eigenvalue weighted by Crippen LogP contribution is -2.30. The molecule has 1 atom stereocenters. The Morgan fingerprint density at radius 1 is 1.12 bits per heavy atom. The van der Waals surface area contributed by atoms with Gasteiger partial charge in [-0.15, -0.1) is 0 Å². The molecule has 1 saturated heterocycles. The van der Waals surface area contributed by atoms with Crippen LogP contribution in [0.5, 0.6) is 5.88 Å². The average Bonchev–Trinajstić information content (AvgIpc) is 3.40. The van der Waals surface area contributed by atoms with Gasteiger partial charge in [0.15, 0.2) is 0 Å². The molecule has 0 saturated carbocycles. The highest BCUT2D eigenvalue weighted by Gasteiger charge is 2.26. The Bertz CT molecular complexity index is 1730. The number of rotatable bonds is 8. The first-order valence-electron chi connectivity index (χ1n) is 12.1. The summed E-state index contributed by atoms with van der Waals surface area (Å²) in [5, 5.41) is 4.10. The lowest BCUT2D eigenvalue weighted by Gasteiger charge is -2.17. The molecule has 1 amide bonds. The smallest absolute Gasteiger partial charge is 0.264 e. The van der Waals surface area contributed by atoms with Gasteiger partial charge in [-0.2, -0.15) is 0 Å². The highest BCUT2D eigenvalue weighted by Crippen LogP contribution is 2.33. The summed E-state index contributed by atoms with van der Waals surface area (Å²) in [7, 11) is -3.12. The Kier molecular flexibility index (Phi) is 7.30. The predicted octanol–water partition coefficient (Wildman–Crippen LogP) is 3.98. The zero-order valence-electron chi connectivity index (χ0n) is 21.3. The fraction of sp³-hybridized carbons (Fsp3) is 0.185. The summed E-state index contributed by atoms with van der Waals surface area (Å²) in [6, 6.07) is 9.09. The Hall–Kier alpha value is -4.65. The van der Waals surface area contributed by atoms with E-state index in [0.29, 0.717) is 47.0 Å². The van der Waals surface area contributed by atoms with Crippen molar-refractivity contribution >= 4 is 38.3 Å². The van der Waals surface area contributed by atoms with Gasteiger partial charge in [0.25, 0.3) is 10.0 Å². The number of anilines is 2. The van der Waals surface area contributed by atoms with Crippen LogP contribution in [0.3, 0.4) is 0 Å². The Labute approximate surface area is 228 Å². The maximum Gasteiger partial charge on any atom is 0.264 e. The molecule has 0 radical (unpaired) electrons. The Morgan fingerprint density at radius 2 is 1.95 bits per heavy atom. The molecule has 206 valence electrons. The topological polar surface area (TPSA) is 126 Å².